The summed E-state index contributed by atoms with van der Waals surface area (Å²) in [6, 6.07) is 3.71. The number of nitrogens with one attached hydrogen (secondary N) is 1. The number of anilines is 2. The first-order valence-electron chi connectivity index (χ1n) is 7.56. The molecule has 0 saturated carbocycles. The largest absolute Gasteiger partial charge is 0.378 e. The molecule has 2 aromatic rings. The minimum absolute atomic E-state index is 0.0987. The molecule has 2 aliphatic heterocycles. The number of hydrogen-bond donors (Lipinski definition) is 1. The molecule has 0 radical (unpaired) electrons. The quantitative estimate of drug-likeness (QED) is 0.910. The van der Waals surface area contributed by atoms with Gasteiger partial charge >= 0.3 is 6.03 Å². The summed E-state index contributed by atoms with van der Waals surface area (Å²) < 4.78 is 5.35. The van der Waals surface area contributed by atoms with Crippen LogP contribution >= 0.6 is 11.3 Å². The Hall–Kier alpha value is -2.19. The zero-order chi connectivity index (χ0) is 15.6. The van der Waals surface area contributed by atoms with Gasteiger partial charge in [0, 0.05) is 24.8 Å². The van der Waals surface area contributed by atoms with Gasteiger partial charge in [-0.05, 0) is 17.5 Å². The van der Waals surface area contributed by atoms with Crippen molar-refractivity contribution in [3.05, 3.63) is 35.0 Å². The maximum absolute atomic E-state index is 12.3. The number of aromatic nitrogens is 2. The van der Waals surface area contributed by atoms with Crippen molar-refractivity contribution in [2.24, 2.45) is 0 Å². The minimum Gasteiger partial charge on any atom is -0.378 e. The first-order valence-corrected chi connectivity index (χ1v) is 8.44. The lowest BCUT2D eigenvalue weighted by Gasteiger charge is -2.26. The highest BCUT2D eigenvalue weighted by Crippen LogP contribution is 2.24. The number of rotatable bonds is 2. The number of thiophene rings is 1. The highest BCUT2D eigenvalue weighted by Gasteiger charge is 2.26. The van der Waals surface area contributed by atoms with Gasteiger partial charge in [-0.25, -0.2) is 14.8 Å². The smallest absolute Gasteiger partial charge is 0.323 e. The molecule has 0 aromatic carbocycles. The van der Waals surface area contributed by atoms with Crippen LogP contribution in [0, 0.1) is 0 Å². The van der Waals surface area contributed by atoms with Gasteiger partial charge in [-0.1, -0.05) is 0 Å². The lowest BCUT2D eigenvalue weighted by molar-refractivity contribution is 0.122. The molecule has 23 heavy (non-hydrogen) atoms. The van der Waals surface area contributed by atoms with E-state index in [4.69, 9.17) is 4.74 Å². The molecule has 4 rings (SSSR count). The maximum atomic E-state index is 12.3. The van der Waals surface area contributed by atoms with Crippen molar-refractivity contribution in [2.45, 2.75) is 13.1 Å². The first kappa shape index (κ1) is 14.4. The number of hydrogen-bond acceptors (Lipinski definition) is 6. The van der Waals surface area contributed by atoms with Crippen molar-refractivity contribution in [1.29, 1.82) is 0 Å². The molecule has 2 aliphatic rings. The second kappa shape index (κ2) is 6.13. The number of amides is 2. The van der Waals surface area contributed by atoms with Crippen molar-refractivity contribution >= 4 is 28.3 Å². The van der Waals surface area contributed by atoms with Gasteiger partial charge in [0.05, 0.1) is 37.0 Å². The molecule has 1 saturated heterocycles. The Morgan fingerprint density at radius 3 is 2.96 bits per heavy atom. The Morgan fingerprint density at radius 1 is 1.30 bits per heavy atom. The Bertz CT molecular complexity index is 700. The third-order valence-corrected chi connectivity index (χ3v) is 4.76. The molecule has 4 heterocycles. The SMILES string of the molecule is O=C(Nc1cccs1)N1Cc2cnc(N3CCOCC3)nc2C1. The lowest BCUT2D eigenvalue weighted by Crippen LogP contribution is -2.37. The monoisotopic (exact) mass is 331 g/mol. The number of carbonyl (C=O) groups excluding carboxylic acids is 1. The van der Waals surface area contributed by atoms with Crippen LogP contribution in [0.5, 0.6) is 0 Å². The van der Waals surface area contributed by atoms with Crippen LogP contribution in [0.1, 0.15) is 11.3 Å². The summed E-state index contributed by atoms with van der Waals surface area (Å²) in [6.07, 6.45) is 1.84. The van der Waals surface area contributed by atoms with Crippen molar-refractivity contribution in [1.82, 2.24) is 14.9 Å². The zero-order valence-corrected chi connectivity index (χ0v) is 13.4. The van der Waals surface area contributed by atoms with Gasteiger partial charge in [-0.2, -0.15) is 0 Å². The minimum atomic E-state index is -0.0987. The van der Waals surface area contributed by atoms with Gasteiger partial charge in [0.25, 0.3) is 0 Å². The molecule has 2 amide bonds. The fraction of sp³-hybridized carbons (Fsp3) is 0.400. The van der Waals surface area contributed by atoms with E-state index < -0.39 is 0 Å². The van der Waals surface area contributed by atoms with Gasteiger partial charge in [0.2, 0.25) is 5.95 Å². The van der Waals surface area contributed by atoms with Crippen LogP contribution in [0.2, 0.25) is 0 Å². The van der Waals surface area contributed by atoms with Crippen LogP contribution in [0.25, 0.3) is 0 Å². The Labute approximate surface area is 137 Å². The van der Waals surface area contributed by atoms with Crippen LogP contribution in [0.3, 0.4) is 0 Å². The number of ether oxygens (including phenoxy) is 1. The third-order valence-electron chi connectivity index (χ3n) is 3.98. The van der Waals surface area contributed by atoms with Crippen LogP contribution in [-0.2, 0) is 17.8 Å². The van der Waals surface area contributed by atoms with E-state index in [2.05, 4.69) is 20.2 Å². The van der Waals surface area contributed by atoms with Crippen LogP contribution in [-0.4, -0.2) is 47.2 Å². The molecular formula is C15H17N5O2S. The van der Waals surface area contributed by atoms with Gasteiger partial charge < -0.3 is 14.5 Å². The standard InChI is InChI=1S/C15H17N5O2S/c21-15(18-13-2-1-7-23-13)20-9-11-8-16-14(17-12(11)10-20)19-3-5-22-6-4-19/h1-2,7-8H,3-6,9-10H2,(H,18,21). The fourth-order valence-corrected chi connectivity index (χ4v) is 3.34. The first-order chi connectivity index (χ1) is 11.3. The van der Waals surface area contributed by atoms with Gasteiger partial charge in [0.1, 0.15) is 0 Å². The molecule has 7 nitrogen and oxygen atoms in total. The number of nitrogens with zero attached hydrogens (tertiary/aromatic N) is 4. The Kier molecular flexibility index (Phi) is 3.84. The van der Waals surface area contributed by atoms with Gasteiger partial charge in [-0.15, -0.1) is 11.3 Å². The number of urea groups is 1. The Balaban J connectivity index is 1.45. The van der Waals surface area contributed by atoms with E-state index in [1.165, 1.54) is 11.3 Å². The van der Waals surface area contributed by atoms with Crippen molar-refractivity contribution in [2.75, 3.05) is 36.5 Å². The second-order valence-electron chi connectivity index (χ2n) is 5.50. The molecule has 8 heteroatoms. The molecule has 0 bridgehead atoms. The van der Waals surface area contributed by atoms with Gasteiger partial charge in [-0.3, -0.25) is 5.32 Å². The number of carbonyl (C=O) groups is 1. The molecule has 1 N–H and O–H groups in total. The van der Waals surface area contributed by atoms with Crippen molar-refractivity contribution in [3.8, 4) is 0 Å². The summed E-state index contributed by atoms with van der Waals surface area (Å²) in [4.78, 5) is 25.3. The van der Waals surface area contributed by atoms with E-state index in [0.29, 0.717) is 26.3 Å². The van der Waals surface area contributed by atoms with E-state index in [9.17, 15) is 4.79 Å². The van der Waals surface area contributed by atoms with Crippen LogP contribution in [0.4, 0.5) is 15.7 Å². The molecule has 1 fully saturated rings. The highest BCUT2D eigenvalue weighted by molar-refractivity contribution is 7.14. The normalized spacial score (nSPS) is 17.2. The van der Waals surface area contributed by atoms with Crippen molar-refractivity contribution in [3.63, 3.8) is 0 Å². The van der Waals surface area contributed by atoms with E-state index >= 15 is 0 Å². The fourth-order valence-electron chi connectivity index (χ4n) is 2.74. The summed E-state index contributed by atoms with van der Waals surface area (Å²) in [5, 5.41) is 5.70. The lowest BCUT2D eigenvalue weighted by atomic mass is 10.3. The van der Waals surface area contributed by atoms with E-state index in [1.807, 2.05) is 23.7 Å². The van der Waals surface area contributed by atoms with E-state index in [0.717, 1.165) is 35.3 Å². The molecular weight excluding hydrogens is 314 g/mol. The predicted molar refractivity (Wildman–Crippen MR) is 87.6 cm³/mol. The summed E-state index contributed by atoms with van der Waals surface area (Å²) >= 11 is 1.51. The summed E-state index contributed by atoms with van der Waals surface area (Å²) in [7, 11) is 0. The van der Waals surface area contributed by atoms with E-state index in [1.54, 1.807) is 4.90 Å². The molecule has 0 aliphatic carbocycles. The summed E-state index contributed by atoms with van der Waals surface area (Å²) in [6.45, 7) is 4.09. The average molecular weight is 331 g/mol. The third kappa shape index (κ3) is 2.99. The Morgan fingerprint density at radius 2 is 2.17 bits per heavy atom. The predicted octanol–water partition coefficient (Wildman–Crippen LogP) is 1.92. The molecule has 0 unspecified atom stereocenters. The summed E-state index contributed by atoms with van der Waals surface area (Å²) in [5.74, 6) is 0.729. The molecule has 120 valence electrons. The number of fused-ring (bicyclic) bond motifs is 1. The molecule has 0 atom stereocenters. The van der Waals surface area contributed by atoms with Crippen LogP contribution in [0.15, 0.2) is 23.7 Å². The van der Waals surface area contributed by atoms with Gasteiger partial charge in [0.15, 0.2) is 0 Å². The summed E-state index contributed by atoms with van der Waals surface area (Å²) in [5.41, 5.74) is 1.95. The molecule has 0 spiro atoms. The number of morpholine rings is 1. The van der Waals surface area contributed by atoms with E-state index in [-0.39, 0.29) is 6.03 Å². The van der Waals surface area contributed by atoms with Crippen LogP contribution < -0.4 is 10.2 Å². The highest BCUT2D eigenvalue weighted by atomic mass is 32.1. The second-order valence-corrected chi connectivity index (χ2v) is 6.45. The molecule has 2 aromatic heterocycles. The average Bonchev–Trinajstić information content (AvgIpc) is 3.24. The van der Waals surface area contributed by atoms with Crippen molar-refractivity contribution < 1.29 is 9.53 Å². The topological polar surface area (TPSA) is 70.6 Å². The zero-order valence-electron chi connectivity index (χ0n) is 12.6. The maximum Gasteiger partial charge on any atom is 0.323 e.